The number of rotatable bonds is 9. The van der Waals surface area contributed by atoms with Crippen molar-refractivity contribution in [3.8, 4) is 0 Å². The van der Waals surface area contributed by atoms with Crippen LogP contribution in [0.2, 0.25) is 0 Å². The van der Waals surface area contributed by atoms with Crippen LogP contribution in [0.1, 0.15) is 17.4 Å². The molecular weight excluding hydrogens is 450 g/mol. The molecule has 0 spiro atoms. The Morgan fingerprint density at radius 3 is 2.21 bits per heavy atom. The standard InChI is InChI=1S/C25H27N5O3S/c1-34-14-19-21(31-12-17-8-4-2-5-9-17)22(32-13-18-10-6-3-7-11-18)25(33-19)30-16-29-20-23(26)27-15-28-24(20)30/h2-11,15-16,19,21-22,25H,12-14H2,1H3,(H2,26,27,28)/t19-,21-,22+,25-/m1/s1. The van der Waals surface area contributed by atoms with E-state index in [-0.39, 0.29) is 18.3 Å². The first-order valence-electron chi connectivity index (χ1n) is 11.1. The van der Waals surface area contributed by atoms with Gasteiger partial charge in [0.15, 0.2) is 17.7 Å². The maximum atomic E-state index is 6.55. The van der Waals surface area contributed by atoms with E-state index in [1.54, 1.807) is 18.1 Å². The Labute approximate surface area is 202 Å². The zero-order chi connectivity index (χ0) is 23.3. The van der Waals surface area contributed by atoms with Crippen molar-refractivity contribution in [1.82, 2.24) is 19.5 Å². The third-order valence-corrected chi connectivity index (χ3v) is 6.51. The molecule has 34 heavy (non-hydrogen) atoms. The molecule has 0 amide bonds. The SMILES string of the molecule is CSC[C@H]1O[C@@H](n2cnc3c(N)ncnc32)[C@@H](OCc2ccccc2)[C@@H]1OCc1ccccc1. The molecule has 1 aliphatic rings. The normalized spacial score (nSPS) is 22.4. The number of imidazole rings is 1. The molecule has 2 N–H and O–H groups in total. The van der Waals surface area contributed by atoms with Crippen molar-refractivity contribution in [2.45, 2.75) is 37.8 Å². The molecule has 1 saturated heterocycles. The van der Waals surface area contributed by atoms with Crippen LogP contribution in [0.3, 0.4) is 0 Å². The summed E-state index contributed by atoms with van der Waals surface area (Å²) in [7, 11) is 0. The summed E-state index contributed by atoms with van der Waals surface area (Å²) in [6, 6.07) is 20.2. The van der Waals surface area contributed by atoms with E-state index in [2.05, 4.69) is 33.3 Å². The number of thioether (sulfide) groups is 1. The van der Waals surface area contributed by atoms with Gasteiger partial charge in [0.1, 0.15) is 24.1 Å². The summed E-state index contributed by atoms with van der Waals surface area (Å²) in [4.78, 5) is 12.9. The van der Waals surface area contributed by atoms with Gasteiger partial charge in [0.05, 0.1) is 25.6 Å². The van der Waals surface area contributed by atoms with Gasteiger partial charge in [-0.15, -0.1) is 0 Å². The molecule has 1 aliphatic heterocycles. The molecule has 0 saturated carbocycles. The third kappa shape index (κ3) is 4.78. The number of aromatic nitrogens is 4. The highest BCUT2D eigenvalue weighted by Gasteiger charge is 2.47. The Kier molecular flexibility index (Phi) is 7.05. The molecule has 2 aromatic heterocycles. The van der Waals surface area contributed by atoms with Gasteiger partial charge in [0.25, 0.3) is 0 Å². The molecule has 2 aromatic carbocycles. The fraction of sp³-hybridized carbons (Fsp3) is 0.320. The van der Waals surface area contributed by atoms with Gasteiger partial charge < -0.3 is 19.9 Å². The van der Waals surface area contributed by atoms with Crippen LogP contribution in [0, 0.1) is 0 Å². The number of nitrogen functional groups attached to an aromatic ring is 1. The average molecular weight is 478 g/mol. The second kappa shape index (κ2) is 10.5. The van der Waals surface area contributed by atoms with Crippen LogP contribution in [0.4, 0.5) is 5.82 Å². The molecule has 3 heterocycles. The number of fused-ring (bicyclic) bond motifs is 1. The van der Waals surface area contributed by atoms with Crippen LogP contribution in [-0.2, 0) is 27.4 Å². The van der Waals surface area contributed by atoms with Crippen molar-refractivity contribution in [3.05, 3.63) is 84.4 Å². The van der Waals surface area contributed by atoms with Crippen LogP contribution < -0.4 is 5.73 Å². The Morgan fingerprint density at radius 1 is 0.912 bits per heavy atom. The lowest BCUT2D eigenvalue weighted by Gasteiger charge is -2.25. The van der Waals surface area contributed by atoms with Crippen LogP contribution in [0.25, 0.3) is 11.2 Å². The second-order valence-corrected chi connectivity index (χ2v) is 9.04. The fourth-order valence-electron chi connectivity index (χ4n) is 4.20. The zero-order valence-electron chi connectivity index (χ0n) is 18.9. The number of anilines is 1. The van der Waals surface area contributed by atoms with Crippen molar-refractivity contribution < 1.29 is 14.2 Å². The number of hydrogen-bond donors (Lipinski definition) is 1. The van der Waals surface area contributed by atoms with Crippen molar-refractivity contribution in [1.29, 1.82) is 0 Å². The van der Waals surface area contributed by atoms with Crippen LogP contribution in [-0.4, -0.2) is 49.8 Å². The number of benzene rings is 2. The molecule has 176 valence electrons. The van der Waals surface area contributed by atoms with Crippen LogP contribution in [0.15, 0.2) is 73.3 Å². The number of ether oxygens (including phenoxy) is 3. The predicted molar refractivity (Wildman–Crippen MR) is 132 cm³/mol. The van der Waals surface area contributed by atoms with Gasteiger partial charge in [-0.05, 0) is 17.4 Å². The quantitative estimate of drug-likeness (QED) is 0.388. The molecule has 8 nitrogen and oxygen atoms in total. The molecule has 1 fully saturated rings. The molecule has 4 aromatic rings. The first kappa shape index (κ1) is 22.8. The molecule has 0 radical (unpaired) electrons. The highest BCUT2D eigenvalue weighted by atomic mass is 32.2. The molecule has 0 unspecified atom stereocenters. The first-order valence-corrected chi connectivity index (χ1v) is 12.5. The van der Waals surface area contributed by atoms with Crippen LogP contribution in [0.5, 0.6) is 0 Å². The topological polar surface area (TPSA) is 97.3 Å². The monoisotopic (exact) mass is 477 g/mol. The van der Waals surface area contributed by atoms with E-state index in [4.69, 9.17) is 19.9 Å². The maximum absolute atomic E-state index is 6.55. The highest BCUT2D eigenvalue weighted by molar-refractivity contribution is 7.98. The van der Waals surface area contributed by atoms with Gasteiger partial charge in [-0.3, -0.25) is 4.57 Å². The van der Waals surface area contributed by atoms with E-state index >= 15 is 0 Å². The largest absolute Gasteiger partial charge is 0.382 e. The van der Waals surface area contributed by atoms with E-state index in [9.17, 15) is 0 Å². The Hall–Kier alpha value is -2.98. The minimum Gasteiger partial charge on any atom is -0.382 e. The fourth-order valence-corrected chi connectivity index (χ4v) is 4.80. The van der Waals surface area contributed by atoms with Crippen molar-refractivity contribution in [3.63, 3.8) is 0 Å². The van der Waals surface area contributed by atoms with E-state index in [0.717, 1.165) is 16.9 Å². The summed E-state index contributed by atoms with van der Waals surface area (Å²) in [5.41, 5.74) is 9.36. The Morgan fingerprint density at radius 2 is 1.56 bits per heavy atom. The summed E-state index contributed by atoms with van der Waals surface area (Å²) in [6.07, 6.45) is 3.89. The van der Waals surface area contributed by atoms with E-state index < -0.39 is 6.23 Å². The Bertz CT molecular complexity index is 1210. The lowest BCUT2D eigenvalue weighted by Crippen LogP contribution is -2.37. The molecule has 5 rings (SSSR count). The summed E-state index contributed by atoms with van der Waals surface area (Å²) in [5, 5.41) is 0. The number of nitrogens with zero attached hydrogens (tertiary/aromatic N) is 4. The average Bonchev–Trinajstić information content (AvgIpc) is 3.45. The lowest BCUT2D eigenvalue weighted by molar-refractivity contribution is -0.0893. The van der Waals surface area contributed by atoms with E-state index in [1.807, 2.05) is 53.1 Å². The summed E-state index contributed by atoms with van der Waals surface area (Å²) in [6.45, 7) is 0.907. The third-order valence-electron chi connectivity index (χ3n) is 5.85. The van der Waals surface area contributed by atoms with E-state index in [0.29, 0.717) is 30.2 Å². The smallest absolute Gasteiger partial charge is 0.167 e. The minimum atomic E-state index is -0.471. The van der Waals surface area contributed by atoms with Gasteiger partial charge in [-0.2, -0.15) is 11.8 Å². The Balaban J connectivity index is 1.46. The van der Waals surface area contributed by atoms with E-state index in [1.165, 1.54) is 6.33 Å². The minimum absolute atomic E-state index is 0.166. The van der Waals surface area contributed by atoms with Crippen molar-refractivity contribution >= 4 is 28.7 Å². The first-order chi connectivity index (χ1) is 16.7. The van der Waals surface area contributed by atoms with Gasteiger partial charge >= 0.3 is 0 Å². The number of nitrogens with two attached hydrogens (primary N) is 1. The summed E-state index contributed by atoms with van der Waals surface area (Å²) < 4.78 is 21.4. The summed E-state index contributed by atoms with van der Waals surface area (Å²) in [5.74, 6) is 1.10. The molecular formula is C25H27N5O3S. The predicted octanol–water partition coefficient (Wildman–Crippen LogP) is 3.84. The van der Waals surface area contributed by atoms with Gasteiger partial charge in [-0.1, -0.05) is 60.7 Å². The molecule has 9 heteroatoms. The van der Waals surface area contributed by atoms with Gasteiger partial charge in [-0.25, -0.2) is 15.0 Å². The summed E-state index contributed by atoms with van der Waals surface area (Å²) >= 11 is 1.72. The van der Waals surface area contributed by atoms with Gasteiger partial charge in [0.2, 0.25) is 0 Å². The van der Waals surface area contributed by atoms with Crippen molar-refractivity contribution in [2.75, 3.05) is 17.7 Å². The van der Waals surface area contributed by atoms with Crippen LogP contribution >= 0.6 is 11.8 Å². The zero-order valence-corrected chi connectivity index (χ0v) is 19.7. The second-order valence-electron chi connectivity index (χ2n) is 8.13. The molecule has 0 aliphatic carbocycles. The highest BCUT2D eigenvalue weighted by Crippen LogP contribution is 2.37. The molecule has 0 bridgehead atoms. The number of hydrogen-bond acceptors (Lipinski definition) is 8. The van der Waals surface area contributed by atoms with Gasteiger partial charge in [0, 0.05) is 5.75 Å². The molecule has 4 atom stereocenters. The maximum Gasteiger partial charge on any atom is 0.167 e. The van der Waals surface area contributed by atoms with Crippen molar-refractivity contribution in [2.24, 2.45) is 0 Å². The lowest BCUT2D eigenvalue weighted by atomic mass is 10.1.